The van der Waals surface area contributed by atoms with Gasteiger partial charge in [-0.2, -0.15) is 5.26 Å². The smallest absolute Gasteiger partial charge is 0.311 e. The van der Waals surface area contributed by atoms with Crippen LogP contribution in [-0.2, 0) is 4.79 Å². The van der Waals surface area contributed by atoms with Crippen LogP contribution in [0.15, 0.2) is 42.5 Å². The van der Waals surface area contributed by atoms with E-state index in [1.807, 2.05) is 6.07 Å². The Morgan fingerprint density at radius 1 is 1.29 bits per heavy atom. The number of hydrogen-bond donors (Lipinski definition) is 1. The van der Waals surface area contributed by atoms with Crippen LogP contribution in [0.4, 0.5) is 11.4 Å². The van der Waals surface area contributed by atoms with Crippen LogP contribution in [0.1, 0.15) is 18.1 Å². The molecular formula is C17H15N3O4. The van der Waals surface area contributed by atoms with Gasteiger partial charge in [0.2, 0.25) is 0 Å². The molecule has 7 nitrogen and oxygen atoms in total. The summed E-state index contributed by atoms with van der Waals surface area (Å²) >= 11 is 0. The number of nitrogens with one attached hydrogen (secondary N) is 1. The fraction of sp³-hybridized carbons (Fsp3) is 0.176. The molecule has 0 heterocycles. The van der Waals surface area contributed by atoms with E-state index in [-0.39, 0.29) is 11.4 Å². The third-order valence-corrected chi connectivity index (χ3v) is 3.27. The van der Waals surface area contributed by atoms with Gasteiger partial charge in [-0.15, -0.1) is 0 Å². The summed E-state index contributed by atoms with van der Waals surface area (Å²) in [6.07, 6.45) is -0.929. The van der Waals surface area contributed by atoms with Crippen molar-refractivity contribution in [3.63, 3.8) is 0 Å². The van der Waals surface area contributed by atoms with Crippen LogP contribution >= 0.6 is 0 Å². The molecule has 0 saturated carbocycles. The maximum Gasteiger partial charge on any atom is 0.311 e. The molecule has 0 aliphatic rings. The van der Waals surface area contributed by atoms with Gasteiger partial charge in [0, 0.05) is 11.8 Å². The van der Waals surface area contributed by atoms with Crippen molar-refractivity contribution in [2.24, 2.45) is 0 Å². The highest BCUT2D eigenvalue weighted by atomic mass is 16.6. The number of rotatable bonds is 5. The fourth-order valence-corrected chi connectivity index (χ4v) is 1.99. The molecule has 2 aromatic rings. The zero-order valence-electron chi connectivity index (χ0n) is 13.1. The zero-order valence-corrected chi connectivity index (χ0v) is 13.1. The molecule has 0 saturated heterocycles. The third kappa shape index (κ3) is 4.08. The van der Waals surface area contributed by atoms with Crippen LogP contribution in [0.25, 0.3) is 0 Å². The first kappa shape index (κ1) is 17.0. The van der Waals surface area contributed by atoms with E-state index in [4.69, 9.17) is 10.00 Å². The minimum Gasteiger partial charge on any atom is -0.474 e. The van der Waals surface area contributed by atoms with Crippen molar-refractivity contribution < 1.29 is 14.5 Å². The first-order valence-corrected chi connectivity index (χ1v) is 7.13. The predicted octanol–water partition coefficient (Wildman–Crippen LogP) is 3.18. The molecule has 122 valence electrons. The molecule has 0 aliphatic carbocycles. The van der Waals surface area contributed by atoms with Crippen molar-refractivity contribution in [2.75, 3.05) is 5.32 Å². The monoisotopic (exact) mass is 325 g/mol. The Bertz CT molecular complexity index is 810. The lowest BCUT2D eigenvalue weighted by molar-refractivity contribution is -0.386. The number of nitro benzene ring substituents is 1. The number of carbonyl (C=O) groups excluding carboxylic acids is 1. The Morgan fingerprint density at radius 3 is 2.54 bits per heavy atom. The van der Waals surface area contributed by atoms with Gasteiger partial charge in [-0.1, -0.05) is 6.07 Å². The minimum atomic E-state index is -0.929. The van der Waals surface area contributed by atoms with Gasteiger partial charge in [0.05, 0.1) is 16.6 Å². The van der Waals surface area contributed by atoms with E-state index in [2.05, 4.69) is 5.32 Å². The van der Waals surface area contributed by atoms with E-state index < -0.39 is 16.9 Å². The topological polar surface area (TPSA) is 105 Å². The summed E-state index contributed by atoms with van der Waals surface area (Å²) in [5.74, 6) is -0.414. The highest BCUT2D eigenvalue weighted by molar-refractivity contribution is 5.94. The SMILES string of the molecule is Cc1ccc(O[C@@H](C)C(=O)Nc2ccc(C#N)cc2)c([N+](=O)[O-])c1. The highest BCUT2D eigenvalue weighted by Gasteiger charge is 2.21. The molecule has 0 unspecified atom stereocenters. The molecule has 0 spiro atoms. The summed E-state index contributed by atoms with van der Waals surface area (Å²) in [4.78, 5) is 22.7. The van der Waals surface area contributed by atoms with Crippen molar-refractivity contribution in [3.8, 4) is 11.8 Å². The highest BCUT2D eigenvalue weighted by Crippen LogP contribution is 2.28. The zero-order chi connectivity index (χ0) is 17.7. The van der Waals surface area contributed by atoms with Gasteiger partial charge in [0.25, 0.3) is 5.91 Å². The number of nitriles is 1. The Morgan fingerprint density at radius 2 is 1.96 bits per heavy atom. The Hall–Kier alpha value is -3.40. The van der Waals surface area contributed by atoms with Gasteiger partial charge in [0.1, 0.15) is 0 Å². The molecule has 2 aromatic carbocycles. The Kier molecular flexibility index (Phi) is 5.12. The predicted molar refractivity (Wildman–Crippen MR) is 87.7 cm³/mol. The standard InChI is InChI=1S/C17H15N3O4/c1-11-3-8-16(15(9-11)20(22)23)24-12(2)17(21)19-14-6-4-13(10-18)5-7-14/h3-9,12H,1-2H3,(H,19,21)/t12-/m0/s1. The summed E-state index contributed by atoms with van der Waals surface area (Å²) in [7, 11) is 0. The summed E-state index contributed by atoms with van der Waals surface area (Å²) < 4.78 is 5.43. The van der Waals surface area contributed by atoms with Crippen molar-refractivity contribution in [1.82, 2.24) is 0 Å². The van der Waals surface area contributed by atoms with E-state index in [9.17, 15) is 14.9 Å². The normalized spacial score (nSPS) is 11.2. The number of aryl methyl sites for hydroxylation is 1. The number of anilines is 1. The third-order valence-electron chi connectivity index (χ3n) is 3.27. The second-order valence-electron chi connectivity index (χ2n) is 5.17. The van der Waals surface area contributed by atoms with E-state index in [1.54, 1.807) is 37.3 Å². The first-order chi connectivity index (χ1) is 11.4. The quantitative estimate of drug-likeness (QED) is 0.671. The van der Waals surface area contributed by atoms with Gasteiger partial charge >= 0.3 is 5.69 Å². The van der Waals surface area contributed by atoms with Gasteiger partial charge in [0.15, 0.2) is 11.9 Å². The number of benzene rings is 2. The van der Waals surface area contributed by atoms with Gasteiger partial charge in [-0.25, -0.2) is 0 Å². The van der Waals surface area contributed by atoms with E-state index >= 15 is 0 Å². The van der Waals surface area contributed by atoms with Crippen LogP contribution in [0.5, 0.6) is 5.75 Å². The average molecular weight is 325 g/mol. The van der Waals surface area contributed by atoms with Gasteiger partial charge in [-0.05, 0) is 49.7 Å². The molecule has 0 aliphatic heterocycles. The lowest BCUT2D eigenvalue weighted by Crippen LogP contribution is -2.30. The summed E-state index contributed by atoms with van der Waals surface area (Å²) in [5, 5.41) is 22.4. The van der Waals surface area contributed by atoms with Crippen molar-refractivity contribution in [2.45, 2.75) is 20.0 Å². The largest absolute Gasteiger partial charge is 0.474 e. The molecule has 2 rings (SSSR count). The molecule has 1 atom stereocenters. The fourth-order valence-electron chi connectivity index (χ4n) is 1.99. The number of nitrogens with zero attached hydrogens (tertiary/aromatic N) is 2. The molecular weight excluding hydrogens is 310 g/mol. The summed E-state index contributed by atoms with van der Waals surface area (Å²) in [6.45, 7) is 3.24. The maximum absolute atomic E-state index is 12.1. The molecule has 1 N–H and O–H groups in total. The maximum atomic E-state index is 12.1. The van der Waals surface area contributed by atoms with Gasteiger partial charge in [-0.3, -0.25) is 14.9 Å². The molecule has 0 radical (unpaired) electrons. The molecule has 0 fully saturated rings. The van der Waals surface area contributed by atoms with Crippen molar-refractivity contribution in [3.05, 3.63) is 63.7 Å². The minimum absolute atomic E-state index is 0.0353. The molecule has 7 heteroatoms. The molecule has 0 aromatic heterocycles. The molecule has 1 amide bonds. The van der Waals surface area contributed by atoms with Crippen LogP contribution < -0.4 is 10.1 Å². The molecule has 0 bridgehead atoms. The average Bonchev–Trinajstić information content (AvgIpc) is 2.56. The number of nitro groups is 1. The second-order valence-corrected chi connectivity index (χ2v) is 5.17. The Balaban J connectivity index is 2.09. The number of carbonyl (C=O) groups is 1. The van der Waals surface area contributed by atoms with Crippen molar-refractivity contribution >= 4 is 17.3 Å². The van der Waals surface area contributed by atoms with Crippen LogP contribution in [0.2, 0.25) is 0 Å². The van der Waals surface area contributed by atoms with E-state index in [0.29, 0.717) is 11.3 Å². The number of amides is 1. The van der Waals surface area contributed by atoms with Crippen LogP contribution in [-0.4, -0.2) is 16.9 Å². The van der Waals surface area contributed by atoms with Crippen LogP contribution in [0.3, 0.4) is 0 Å². The lowest BCUT2D eigenvalue weighted by atomic mass is 10.2. The van der Waals surface area contributed by atoms with E-state index in [0.717, 1.165) is 5.56 Å². The van der Waals surface area contributed by atoms with Crippen molar-refractivity contribution in [1.29, 1.82) is 5.26 Å². The summed E-state index contributed by atoms with van der Waals surface area (Å²) in [6, 6.07) is 12.9. The van der Waals surface area contributed by atoms with E-state index in [1.165, 1.54) is 19.1 Å². The Labute approximate surface area is 138 Å². The second kappa shape index (κ2) is 7.24. The number of ether oxygens (including phenoxy) is 1. The number of hydrogen-bond acceptors (Lipinski definition) is 5. The van der Waals surface area contributed by atoms with Gasteiger partial charge < -0.3 is 10.1 Å². The van der Waals surface area contributed by atoms with Crippen LogP contribution in [0, 0.1) is 28.4 Å². The first-order valence-electron chi connectivity index (χ1n) is 7.13. The summed E-state index contributed by atoms with van der Waals surface area (Å²) in [5.41, 5.74) is 1.53. The molecule has 24 heavy (non-hydrogen) atoms. The lowest BCUT2D eigenvalue weighted by Gasteiger charge is -2.15.